The Bertz CT molecular complexity index is 547. The summed E-state index contributed by atoms with van der Waals surface area (Å²) in [6.45, 7) is 2.05. The van der Waals surface area contributed by atoms with Gasteiger partial charge < -0.3 is 5.11 Å². The van der Waals surface area contributed by atoms with Crippen LogP contribution in [0, 0.1) is 6.92 Å². The van der Waals surface area contributed by atoms with Gasteiger partial charge in [-0.2, -0.15) is 0 Å². The third-order valence-electron chi connectivity index (χ3n) is 3.23. The molecule has 0 spiro atoms. The summed E-state index contributed by atoms with van der Waals surface area (Å²) in [7, 11) is 0. The Morgan fingerprint density at radius 2 is 2.18 bits per heavy atom. The molecular weight excluding hydrogens is 214 g/mol. The maximum absolute atomic E-state index is 9.85. The molecule has 1 aromatic heterocycles. The van der Waals surface area contributed by atoms with Crippen molar-refractivity contribution in [3.05, 3.63) is 35.7 Å². The van der Waals surface area contributed by atoms with E-state index in [-0.39, 0.29) is 0 Å². The fourth-order valence-corrected chi connectivity index (χ4v) is 2.27. The first-order valence-electron chi connectivity index (χ1n) is 5.95. The molecule has 1 atom stereocenters. The maximum Gasteiger partial charge on any atom is 0.181 e. The quantitative estimate of drug-likeness (QED) is 0.814. The van der Waals surface area contributed by atoms with Gasteiger partial charge in [-0.3, -0.25) is 0 Å². The Balaban J connectivity index is 2.08. The smallest absolute Gasteiger partial charge is 0.181 e. The number of aromatic nitrogens is 3. The topological polar surface area (TPSA) is 50.9 Å². The van der Waals surface area contributed by atoms with Crippen molar-refractivity contribution in [1.29, 1.82) is 0 Å². The van der Waals surface area contributed by atoms with E-state index in [1.54, 1.807) is 4.68 Å². The van der Waals surface area contributed by atoms with E-state index in [1.165, 1.54) is 0 Å². The molecule has 2 aromatic rings. The zero-order valence-electron chi connectivity index (χ0n) is 9.80. The molecule has 0 aliphatic carbocycles. The van der Waals surface area contributed by atoms with Gasteiger partial charge in [-0.25, -0.2) is 9.67 Å². The summed E-state index contributed by atoms with van der Waals surface area (Å²) in [5, 5.41) is 14.3. The fraction of sp³-hybridized carbons (Fsp3) is 0.385. The normalized spacial score (nSPS) is 19.1. The van der Waals surface area contributed by atoms with Crippen LogP contribution in [0.15, 0.2) is 24.3 Å². The minimum Gasteiger partial charge on any atom is -0.372 e. The summed E-state index contributed by atoms with van der Waals surface area (Å²) in [6.07, 6.45) is 2.14. The van der Waals surface area contributed by atoms with Crippen LogP contribution in [0.5, 0.6) is 0 Å². The number of nitrogens with zero attached hydrogens (tertiary/aromatic N) is 3. The summed E-state index contributed by atoms with van der Waals surface area (Å²) in [5.74, 6) is 1.61. The fourth-order valence-electron chi connectivity index (χ4n) is 2.27. The van der Waals surface area contributed by atoms with Gasteiger partial charge in [0.05, 0.1) is 0 Å². The van der Waals surface area contributed by atoms with Crippen molar-refractivity contribution >= 4 is 0 Å². The molecule has 1 N–H and O–H groups in total. The van der Waals surface area contributed by atoms with E-state index in [9.17, 15) is 5.11 Å². The average Bonchev–Trinajstić information content (AvgIpc) is 2.75. The number of hydrogen-bond acceptors (Lipinski definition) is 3. The Morgan fingerprint density at radius 1 is 1.35 bits per heavy atom. The average molecular weight is 229 g/mol. The SMILES string of the molecule is Cc1ccccc1-c1nc2n(n1)C(O)CCC2. The number of aryl methyl sites for hydroxylation is 2. The van der Waals surface area contributed by atoms with Crippen LogP contribution in [0.4, 0.5) is 0 Å². The minimum absolute atomic E-state index is 0.510. The van der Waals surface area contributed by atoms with Crippen LogP contribution in [0.25, 0.3) is 11.4 Å². The zero-order valence-corrected chi connectivity index (χ0v) is 9.80. The van der Waals surface area contributed by atoms with Crippen molar-refractivity contribution in [2.75, 3.05) is 0 Å². The summed E-state index contributed by atoms with van der Waals surface area (Å²) in [5.41, 5.74) is 2.20. The second kappa shape index (κ2) is 3.96. The van der Waals surface area contributed by atoms with Gasteiger partial charge in [0.2, 0.25) is 0 Å². The lowest BCUT2D eigenvalue weighted by Crippen LogP contribution is -2.18. The molecule has 0 saturated heterocycles. The first kappa shape index (κ1) is 10.5. The second-order valence-electron chi connectivity index (χ2n) is 4.48. The van der Waals surface area contributed by atoms with Crippen molar-refractivity contribution in [1.82, 2.24) is 14.8 Å². The Morgan fingerprint density at radius 3 is 2.94 bits per heavy atom. The molecule has 88 valence electrons. The van der Waals surface area contributed by atoms with Gasteiger partial charge in [-0.1, -0.05) is 24.3 Å². The van der Waals surface area contributed by atoms with Gasteiger partial charge in [0.1, 0.15) is 12.1 Å². The summed E-state index contributed by atoms with van der Waals surface area (Å²) in [6, 6.07) is 8.05. The first-order chi connectivity index (χ1) is 8.25. The van der Waals surface area contributed by atoms with E-state index in [0.29, 0.717) is 0 Å². The molecular formula is C13H15N3O. The van der Waals surface area contributed by atoms with Crippen LogP contribution in [0.1, 0.15) is 30.5 Å². The Hall–Kier alpha value is -1.68. The van der Waals surface area contributed by atoms with Crippen LogP contribution in [0.3, 0.4) is 0 Å². The highest BCUT2D eigenvalue weighted by Gasteiger charge is 2.21. The number of benzene rings is 1. The van der Waals surface area contributed by atoms with Crippen molar-refractivity contribution in [3.8, 4) is 11.4 Å². The van der Waals surface area contributed by atoms with Gasteiger partial charge in [0.25, 0.3) is 0 Å². The van der Waals surface area contributed by atoms with E-state index < -0.39 is 6.23 Å². The van der Waals surface area contributed by atoms with E-state index >= 15 is 0 Å². The number of aliphatic hydroxyl groups excluding tert-OH is 1. The molecule has 1 aliphatic rings. The van der Waals surface area contributed by atoms with Crippen LogP contribution in [0.2, 0.25) is 0 Å². The monoisotopic (exact) mass is 229 g/mol. The van der Waals surface area contributed by atoms with Gasteiger partial charge in [0.15, 0.2) is 5.82 Å². The largest absolute Gasteiger partial charge is 0.372 e. The van der Waals surface area contributed by atoms with Crippen LogP contribution < -0.4 is 0 Å². The number of rotatable bonds is 1. The Labute approximate surface area is 99.9 Å². The molecule has 4 nitrogen and oxygen atoms in total. The van der Waals surface area contributed by atoms with Crippen molar-refractivity contribution < 1.29 is 5.11 Å². The molecule has 0 saturated carbocycles. The van der Waals surface area contributed by atoms with Crippen molar-refractivity contribution in [3.63, 3.8) is 0 Å². The molecule has 17 heavy (non-hydrogen) atoms. The molecule has 0 radical (unpaired) electrons. The highest BCUT2D eigenvalue weighted by Crippen LogP contribution is 2.25. The van der Waals surface area contributed by atoms with Crippen LogP contribution in [-0.4, -0.2) is 19.9 Å². The molecule has 0 fully saturated rings. The van der Waals surface area contributed by atoms with E-state index in [0.717, 1.165) is 42.0 Å². The molecule has 4 heteroatoms. The third-order valence-corrected chi connectivity index (χ3v) is 3.23. The Kier molecular flexibility index (Phi) is 2.44. The second-order valence-corrected chi connectivity index (χ2v) is 4.48. The van der Waals surface area contributed by atoms with E-state index in [1.807, 2.05) is 31.2 Å². The molecule has 0 amide bonds. The highest BCUT2D eigenvalue weighted by atomic mass is 16.3. The standard InChI is InChI=1S/C13H15N3O/c1-9-5-2-3-6-10(9)13-14-11-7-4-8-12(17)16(11)15-13/h2-3,5-6,12,17H,4,7-8H2,1H3. The molecule has 1 aliphatic heterocycles. The first-order valence-corrected chi connectivity index (χ1v) is 5.95. The maximum atomic E-state index is 9.85. The van der Waals surface area contributed by atoms with Gasteiger partial charge in [-0.15, -0.1) is 5.10 Å². The molecule has 0 bridgehead atoms. The zero-order chi connectivity index (χ0) is 11.8. The van der Waals surface area contributed by atoms with Crippen LogP contribution >= 0.6 is 0 Å². The predicted octanol–water partition coefficient (Wildman–Crippen LogP) is 2.08. The van der Waals surface area contributed by atoms with E-state index in [4.69, 9.17) is 0 Å². The van der Waals surface area contributed by atoms with Crippen LogP contribution in [-0.2, 0) is 6.42 Å². The molecule has 2 heterocycles. The lowest BCUT2D eigenvalue weighted by atomic mass is 10.1. The number of aliphatic hydroxyl groups is 1. The number of fused-ring (bicyclic) bond motifs is 1. The van der Waals surface area contributed by atoms with Gasteiger partial charge in [-0.05, 0) is 25.3 Å². The third kappa shape index (κ3) is 1.74. The summed E-state index contributed by atoms with van der Waals surface area (Å²) >= 11 is 0. The molecule has 1 unspecified atom stereocenters. The number of hydrogen-bond donors (Lipinski definition) is 1. The van der Waals surface area contributed by atoms with Crippen molar-refractivity contribution in [2.24, 2.45) is 0 Å². The lowest BCUT2D eigenvalue weighted by molar-refractivity contribution is 0.0648. The predicted molar refractivity (Wildman–Crippen MR) is 64.4 cm³/mol. The van der Waals surface area contributed by atoms with Gasteiger partial charge >= 0.3 is 0 Å². The van der Waals surface area contributed by atoms with Gasteiger partial charge in [0, 0.05) is 12.0 Å². The van der Waals surface area contributed by atoms with Crippen molar-refractivity contribution in [2.45, 2.75) is 32.4 Å². The van der Waals surface area contributed by atoms with E-state index in [2.05, 4.69) is 10.1 Å². The lowest BCUT2D eigenvalue weighted by Gasteiger charge is -2.17. The molecule has 3 rings (SSSR count). The minimum atomic E-state index is -0.510. The summed E-state index contributed by atoms with van der Waals surface area (Å²) < 4.78 is 1.66. The molecule has 1 aromatic carbocycles. The highest BCUT2D eigenvalue weighted by molar-refractivity contribution is 5.59. The summed E-state index contributed by atoms with van der Waals surface area (Å²) in [4.78, 5) is 4.52.